The molecule has 1 aromatic carbocycles. The van der Waals surface area contributed by atoms with E-state index in [1.54, 1.807) is 0 Å². The highest BCUT2D eigenvalue weighted by Gasteiger charge is 2.10. The predicted octanol–water partition coefficient (Wildman–Crippen LogP) is 2.00. The lowest BCUT2D eigenvalue weighted by atomic mass is 10.1. The largest absolute Gasteiger partial charge is 0.475 e. The van der Waals surface area contributed by atoms with Gasteiger partial charge in [0.15, 0.2) is 0 Å². The van der Waals surface area contributed by atoms with Crippen molar-refractivity contribution < 1.29 is 9.84 Å². The van der Waals surface area contributed by atoms with Crippen molar-refractivity contribution in [2.24, 2.45) is 0 Å². The van der Waals surface area contributed by atoms with Crippen LogP contribution in [0.5, 0.6) is 5.75 Å². The third kappa shape index (κ3) is 3.51. The fourth-order valence-corrected chi connectivity index (χ4v) is 1.65. The van der Waals surface area contributed by atoms with Crippen molar-refractivity contribution in [2.45, 2.75) is 40.0 Å². The molecule has 0 aliphatic rings. The summed E-state index contributed by atoms with van der Waals surface area (Å²) in [5.41, 5.74) is 2.26. The number of hydrogen-bond donors (Lipinski definition) is 2. The Hall–Kier alpha value is -1.06. The highest BCUT2D eigenvalue weighted by Crippen LogP contribution is 2.23. The van der Waals surface area contributed by atoms with Crippen molar-refractivity contribution in [3.63, 3.8) is 0 Å². The van der Waals surface area contributed by atoms with Crippen LogP contribution in [0.25, 0.3) is 0 Å². The Balaban J connectivity index is 2.66. The van der Waals surface area contributed by atoms with Gasteiger partial charge in [0.25, 0.3) is 0 Å². The summed E-state index contributed by atoms with van der Waals surface area (Å²) in [6, 6.07) is 6.13. The first-order chi connectivity index (χ1) is 7.54. The van der Waals surface area contributed by atoms with Crippen LogP contribution in [0.15, 0.2) is 18.2 Å². The van der Waals surface area contributed by atoms with Gasteiger partial charge in [-0.25, -0.2) is 0 Å². The van der Waals surface area contributed by atoms with E-state index >= 15 is 0 Å². The van der Waals surface area contributed by atoms with Gasteiger partial charge in [0.05, 0.1) is 6.61 Å². The van der Waals surface area contributed by atoms with Crippen molar-refractivity contribution in [3.8, 4) is 5.75 Å². The first kappa shape index (κ1) is 13.0. The van der Waals surface area contributed by atoms with Gasteiger partial charge in [0.2, 0.25) is 0 Å². The van der Waals surface area contributed by atoms with Crippen molar-refractivity contribution in [2.75, 3.05) is 6.61 Å². The van der Waals surface area contributed by atoms with Crippen molar-refractivity contribution >= 4 is 0 Å². The van der Waals surface area contributed by atoms with E-state index in [4.69, 9.17) is 9.84 Å². The zero-order chi connectivity index (χ0) is 12.1. The third-order valence-electron chi connectivity index (χ3n) is 2.50. The Morgan fingerprint density at radius 2 is 1.81 bits per heavy atom. The maximum Gasteiger partial charge on any atom is 0.147 e. The topological polar surface area (TPSA) is 41.5 Å². The Morgan fingerprint density at radius 1 is 1.25 bits per heavy atom. The number of aliphatic hydroxyl groups excluding tert-OH is 1. The molecule has 0 aromatic heterocycles. The molecule has 0 aliphatic heterocycles. The van der Waals surface area contributed by atoms with Crippen LogP contribution in [-0.4, -0.2) is 24.0 Å². The Bertz CT molecular complexity index is 318. The van der Waals surface area contributed by atoms with E-state index in [0.717, 1.165) is 16.9 Å². The van der Waals surface area contributed by atoms with Crippen LogP contribution in [0.1, 0.15) is 25.0 Å². The summed E-state index contributed by atoms with van der Waals surface area (Å²) in [5.74, 6) is 0.924. The molecule has 0 fully saturated rings. The second-order valence-electron chi connectivity index (χ2n) is 4.23. The lowest BCUT2D eigenvalue weighted by Gasteiger charge is -2.22. The summed E-state index contributed by atoms with van der Waals surface area (Å²) in [6.45, 7) is 8.04. The van der Waals surface area contributed by atoms with Gasteiger partial charge in [-0.15, -0.1) is 0 Å². The standard InChI is InChI=1S/C13H21NO2/c1-9-6-5-7-10(2)13(9)16-12(4)14-11(3)8-15/h5-7,11-12,14-15H,8H2,1-4H3/t11-,12?/m1/s1. The summed E-state index contributed by atoms with van der Waals surface area (Å²) in [7, 11) is 0. The molecule has 1 rings (SSSR count). The van der Waals surface area contributed by atoms with Gasteiger partial charge >= 0.3 is 0 Å². The number of ether oxygens (including phenoxy) is 1. The highest BCUT2D eigenvalue weighted by molar-refractivity contribution is 5.39. The van der Waals surface area contributed by atoms with Crippen LogP contribution in [-0.2, 0) is 0 Å². The van der Waals surface area contributed by atoms with Crippen LogP contribution < -0.4 is 10.1 Å². The molecule has 2 N–H and O–H groups in total. The van der Waals surface area contributed by atoms with Crippen LogP contribution >= 0.6 is 0 Å². The molecule has 0 aliphatic carbocycles. The SMILES string of the molecule is Cc1cccc(C)c1OC(C)N[C@H](C)CO. The fourth-order valence-electron chi connectivity index (χ4n) is 1.65. The normalized spacial score (nSPS) is 14.6. The van der Waals surface area contributed by atoms with E-state index in [1.165, 1.54) is 0 Å². The number of hydrogen-bond acceptors (Lipinski definition) is 3. The third-order valence-corrected chi connectivity index (χ3v) is 2.50. The monoisotopic (exact) mass is 223 g/mol. The van der Waals surface area contributed by atoms with E-state index in [9.17, 15) is 0 Å². The molecule has 0 radical (unpaired) electrons. The van der Waals surface area contributed by atoms with Gasteiger partial charge in [0.1, 0.15) is 12.0 Å². The van der Waals surface area contributed by atoms with Gasteiger partial charge in [-0.1, -0.05) is 18.2 Å². The Labute approximate surface area is 97.4 Å². The summed E-state index contributed by atoms with van der Waals surface area (Å²) in [6.07, 6.45) is -0.109. The zero-order valence-electron chi connectivity index (χ0n) is 10.4. The quantitative estimate of drug-likeness (QED) is 0.750. The molecule has 3 heteroatoms. The number of nitrogens with one attached hydrogen (secondary N) is 1. The molecule has 1 aromatic rings. The highest BCUT2D eigenvalue weighted by atomic mass is 16.5. The average molecular weight is 223 g/mol. The van der Waals surface area contributed by atoms with E-state index in [0.29, 0.717) is 0 Å². The summed E-state index contributed by atoms with van der Waals surface area (Å²) >= 11 is 0. The first-order valence-electron chi connectivity index (χ1n) is 5.64. The minimum atomic E-state index is -0.109. The second kappa shape index (κ2) is 5.87. The van der Waals surface area contributed by atoms with E-state index in [2.05, 4.69) is 5.32 Å². The lowest BCUT2D eigenvalue weighted by Crippen LogP contribution is -2.40. The molecule has 2 atom stereocenters. The molecule has 1 unspecified atom stereocenters. The van der Waals surface area contributed by atoms with Crippen LogP contribution in [0.4, 0.5) is 0 Å². The molecular formula is C13H21NO2. The molecule has 0 spiro atoms. The molecule has 90 valence electrons. The first-order valence-corrected chi connectivity index (χ1v) is 5.64. The summed E-state index contributed by atoms with van der Waals surface area (Å²) in [4.78, 5) is 0. The number of para-hydroxylation sites is 1. The molecule has 0 bridgehead atoms. The van der Waals surface area contributed by atoms with E-state index in [-0.39, 0.29) is 18.9 Å². The number of aryl methyl sites for hydroxylation is 2. The predicted molar refractivity (Wildman–Crippen MR) is 65.7 cm³/mol. The van der Waals surface area contributed by atoms with Gasteiger partial charge in [-0.3, -0.25) is 5.32 Å². The zero-order valence-corrected chi connectivity index (χ0v) is 10.4. The second-order valence-corrected chi connectivity index (χ2v) is 4.23. The number of aliphatic hydroxyl groups is 1. The molecule has 0 saturated carbocycles. The van der Waals surface area contributed by atoms with Crippen LogP contribution in [0.2, 0.25) is 0 Å². The molecule has 0 heterocycles. The minimum absolute atomic E-state index is 0.0410. The maximum absolute atomic E-state index is 8.94. The molecule has 0 amide bonds. The molecule has 16 heavy (non-hydrogen) atoms. The summed E-state index contributed by atoms with van der Waals surface area (Å²) < 4.78 is 5.83. The molecular weight excluding hydrogens is 202 g/mol. The van der Waals surface area contributed by atoms with Crippen LogP contribution in [0, 0.1) is 13.8 Å². The minimum Gasteiger partial charge on any atom is -0.475 e. The Morgan fingerprint density at radius 3 is 2.31 bits per heavy atom. The molecule has 0 saturated heterocycles. The van der Waals surface area contributed by atoms with Gasteiger partial charge < -0.3 is 9.84 Å². The lowest BCUT2D eigenvalue weighted by molar-refractivity contribution is 0.143. The van der Waals surface area contributed by atoms with Crippen molar-refractivity contribution in [1.29, 1.82) is 0 Å². The van der Waals surface area contributed by atoms with Crippen LogP contribution in [0.3, 0.4) is 0 Å². The molecule has 3 nitrogen and oxygen atoms in total. The fraction of sp³-hybridized carbons (Fsp3) is 0.538. The van der Waals surface area contributed by atoms with Crippen molar-refractivity contribution in [1.82, 2.24) is 5.32 Å². The van der Waals surface area contributed by atoms with Crippen molar-refractivity contribution in [3.05, 3.63) is 29.3 Å². The van der Waals surface area contributed by atoms with Gasteiger partial charge in [-0.2, -0.15) is 0 Å². The van der Waals surface area contributed by atoms with E-state index in [1.807, 2.05) is 45.9 Å². The number of rotatable bonds is 5. The van der Waals surface area contributed by atoms with Gasteiger partial charge in [-0.05, 0) is 38.8 Å². The smallest absolute Gasteiger partial charge is 0.147 e. The Kier molecular flexibility index (Phi) is 4.77. The number of benzene rings is 1. The van der Waals surface area contributed by atoms with E-state index < -0.39 is 0 Å². The summed E-state index contributed by atoms with van der Waals surface area (Å²) in [5, 5.41) is 12.1. The average Bonchev–Trinajstić information content (AvgIpc) is 2.23. The maximum atomic E-state index is 8.94. The van der Waals surface area contributed by atoms with Gasteiger partial charge in [0, 0.05) is 6.04 Å².